The van der Waals surface area contributed by atoms with Crippen molar-refractivity contribution in [3.05, 3.63) is 100 Å². The third-order valence-corrected chi connectivity index (χ3v) is 6.78. The number of hydrogen-bond acceptors (Lipinski definition) is 3. The number of halogens is 2. The summed E-state index contributed by atoms with van der Waals surface area (Å²) in [5.41, 5.74) is 4.04. The van der Waals surface area contributed by atoms with E-state index in [1.807, 2.05) is 67.1 Å². The average molecular weight is 564 g/mol. The van der Waals surface area contributed by atoms with Crippen LogP contribution in [-0.2, 0) is 4.79 Å². The summed E-state index contributed by atoms with van der Waals surface area (Å²) in [5.74, 6) is 0.216. The molecule has 8 heteroatoms. The largest absolute Gasteiger partial charge is 0.329 e. The van der Waals surface area contributed by atoms with Gasteiger partial charge in [0.2, 0.25) is 11.9 Å². The molecule has 0 saturated heterocycles. The van der Waals surface area contributed by atoms with E-state index in [9.17, 15) is 9.59 Å². The molecule has 6 nitrogen and oxygen atoms in total. The smallest absolute Gasteiger partial charge is 0.255 e. The molecule has 3 aromatic carbocycles. The first-order valence-corrected chi connectivity index (χ1v) is 13.7. The van der Waals surface area contributed by atoms with E-state index < -0.39 is 0 Å². The Morgan fingerprint density at radius 1 is 0.949 bits per heavy atom. The second-order valence-electron chi connectivity index (χ2n) is 10.2. The van der Waals surface area contributed by atoms with Crippen LogP contribution in [0.5, 0.6) is 0 Å². The normalized spacial score (nSPS) is 11.2. The van der Waals surface area contributed by atoms with Gasteiger partial charge in [-0.2, -0.15) is 0 Å². The number of nitrogens with zero attached hydrogens (tertiary/aromatic N) is 3. The van der Waals surface area contributed by atoms with E-state index in [1.165, 1.54) is 16.5 Å². The van der Waals surface area contributed by atoms with Gasteiger partial charge in [-0.25, -0.2) is 4.98 Å². The lowest BCUT2D eigenvalue weighted by Crippen LogP contribution is -2.40. The van der Waals surface area contributed by atoms with Crippen molar-refractivity contribution in [1.29, 1.82) is 0 Å². The van der Waals surface area contributed by atoms with Crippen molar-refractivity contribution in [2.45, 2.75) is 33.6 Å². The predicted octanol–water partition coefficient (Wildman–Crippen LogP) is 7.71. The van der Waals surface area contributed by atoms with Crippen LogP contribution in [-0.4, -0.2) is 39.4 Å². The van der Waals surface area contributed by atoms with Gasteiger partial charge in [-0.3, -0.25) is 19.5 Å². The van der Waals surface area contributed by atoms with Crippen LogP contribution in [0.3, 0.4) is 0 Å². The minimum absolute atomic E-state index is 0.138. The molecule has 0 aliphatic heterocycles. The average Bonchev–Trinajstić information content (AvgIpc) is 3.31. The molecule has 0 fully saturated rings. The van der Waals surface area contributed by atoms with Crippen LogP contribution in [0.4, 0.5) is 5.95 Å². The molecular weight excluding hydrogens is 531 g/mol. The van der Waals surface area contributed by atoms with E-state index in [2.05, 4.69) is 31.3 Å². The molecule has 0 unspecified atom stereocenters. The van der Waals surface area contributed by atoms with Crippen molar-refractivity contribution in [3.8, 4) is 16.9 Å². The Morgan fingerprint density at radius 3 is 2.26 bits per heavy atom. The van der Waals surface area contributed by atoms with Crippen LogP contribution < -0.4 is 5.32 Å². The van der Waals surface area contributed by atoms with Crippen LogP contribution in [0.15, 0.2) is 79.0 Å². The Bertz CT molecular complexity index is 1450. The molecule has 1 aromatic heterocycles. The van der Waals surface area contributed by atoms with E-state index >= 15 is 0 Å². The highest BCUT2D eigenvalue weighted by Gasteiger charge is 2.23. The van der Waals surface area contributed by atoms with Gasteiger partial charge in [0.05, 0.1) is 16.3 Å². The summed E-state index contributed by atoms with van der Waals surface area (Å²) in [4.78, 5) is 32.9. The third kappa shape index (κ3) is 7.08. The number of benzene rings is 3. The van der Waals surface area contributed by atoms with E-state index in [0.717, 1.165) is 16.9 Å². The Hall–Kier alpha value is -3.61. The number of amides is 2. The molecule has 0 bridgehead atoms. The molecule has 202 valence electrons. The quantitative estimate of drug-likeness (QED) is 0.227. The van der Waals surface area contributed by atoms with E-state index in [0.29, 0.717) is 29.0 Å². The van der Waals surface area contributed by atoms with Gasteiger partial charge in [0.1, 0.15) is 6.54 Å². The highest BCUT2D eigenvalue weighted by Crippen LogP contribution is 2.26. The fourth-order valence-electron chi connectivity index (χ4n) is 4.26. The first-order valence-electron chi connectivity index (χ1n) is 12.9. The Balaban J connectivity index is 1.63. The van der Waals surface area contributed by atoms with Crippen LogP contribution >= 0.6 is 23.2 Å². The van der Waals surface area contributed by atoms with Gasteiger partial charge in [-0.15, -0.1) is 0 Å². The second kappa shape index (κ2) is 12.5. The van der Waals surface area contributed by atoms with Crippen LogP contribution in [0, 0.1) is 5.92 Å². The van der Waals surface area contributed by atoms with E-state index in [4.69, 9.17) is 28.2 Å². The summed E-state index contributed by atoms with van der Waals surface area (Å²) in [6, 6.07) is 22.7. The Kier molecular flexibility index (Phi) is 9.10. The van der Waals surface area contributed by atoms with Crippen LogP contribution in [0.1, 0.15) is 49.5 Å². The molecule has 1 N–H and O–H groups in total. The Labute approximate surface area is 239 Å². The fraction of sp³-hybridized carbons (Fsp3) is 0.258. The zero-order valence-corrected chi connectivity index (χ0v) is 24.0. The van der Waals surface area contributed by atoms with E-state index in [1.54, 1.807) is 12.1 Å². The van der Waals surface area contributed by atoms with Crippen molar-refractivity contribution >= 4 is 41.0 Å². The van der Waals surface area contributed by atoms with Gasteiger partial charge in [0, 0.05) is 29.0 Å². The lowest BCUT2D eigenvalue weighted by molar-refractivity contribution is -0.117. The standard InChI is InChI=1S/C31H32Cl2N4O2/c1-20(2)17-36(30(39)26-15-12-24(32)16-27(26)33)19-29(38)35-31-34-28(23-8-6-5-7-9-23)18-37(31)25-13-10-22(11-14-25)21(3)4/h5-16,18,20-21H,17,19H2,1-4H3,(H,34,35,38). The zero-order chi connectivity index (χ0) is 28.1. The number of carbonyl (C=O) groups is 2. The SMILES string of the molecule is CC(C)CN(CC(=O)Nc1nc(-c2ccccc2)cn1-c1ccc(C(C)C)cc1)C(=O)c1ccc(Cl)cc1Cl. The number of anilines is 1. The molecule has 0 aliphatic rings. The topological polar surface area (TPSA) is 67.2 Å². The maximum absolute atomic E-state index is 13.4. The Morgan fingerprint density at radius 2 is 1.64 bits per heavy atom. The van der Waals surface area contributed by atoms with Gasteiger partial charge in [0.15, 0.2) is 0 Å². The predicted molar refractivity (Wildman–Crippen MR) is 159 cm³/mol. The van der Waals surface area contributed by atoms with Gasteiger partial charge in [-0.1, -0.05) is 93.4 Å². The molecule has 0 saturated carbocycles. The van der Waals surface area contributed by atoms with Crippen molar-refractivity contribution in [2.75, 3.05) is 18.4 Å². The molecule has 0 radical (unpaired) electrons. The minimum atomic E-state index is -0.362. The number of rotatable bonds is 9. The van der Waals surface area contributed by atoms with Crippen LogP contribution in [0.25, 0.3) is 16.9 Å². The fourth-order valence-corrected chi connectivity index (χ4v) is 4.75. The monoisotopic (exact) mass is 562 g/mol. The van der Waals surface area contributed by atoms with Gasteiger partial charge in [0.25, 0.3) is 5.91 Å². The lowest BCUT2D eigenvalue weighted by Gasteiger charge is -2.24. The number of carbonyl (C=O) groups excluding carboxylic acids is 2. The zero-order valence-electron chi connectivity index (χ0n) is 22.5. The summed E-state index contributed by atoms with van der Waals surface area (Å²) in [6.45, 7) is 8.49. The summed E-state index contributed by atoms with van der Waals surface area (Å²) in [6.07, 6.45) is 1.90. The van der Waals surface area contributed by atoms with Crippen molar-refractivity contribution in [3.63, 3.8) is 0 Å². The molecule has 2 amide bonds. The molecule has 39 heavy (non-hydrogen) atoms. The number of aromatic nitrogens is 2. The summed E-state index contributed by atoms with van der Waals surface area (Å²) in [7, 11) is 0. The van der Waals surface area contributed by atoms with Crippen molar-refractivity contribution < 1.29 is 9.59 Å². The highest BCUT2D eigenvalue weighted by atomic mass is 35.5. The highest BCUT2D eigenvalue weighted by molar-refractivity contribution is 6.36. The molecule has 0 spiro atoms. The molecule has 1 heterocycles. The lowest BCUT2D eigenvalue weighted by atomic mass is 10.0. The van der Waals surface area contributed by atoms with E-state index in [-0.39, 0.29) is 29.3 Å². The first kappa shape index (κ1) is 28.4. The number of imidazole rings is 1. The maximum Gasteiger partial charge on any atom is 0.255 e. The van der Waals surface area contributed by atoms with Crippen LogP contribution in [0.2, 0.25) is 10.0 Å². The van der Waals surface area contributed by atoms with Gasteiger partial charge < -0.3 is 4.90 Å². The van der Waals surface area contributed by atoms with Crippen molar-refractivity contribution in [2.24, 2.45) is 5.92 Å². The minimum Gasteiger partial charge on any atom is -0.329 e. The molecular formula is C31H32Cl2N4O2. The molecule has 4 aromatic rings. The van der Waals surface area contributed by atoms with Gasteiger partial charge in [-0.05, 0) is 47.7 Å². The second-order valence-corrected chi connectivity index (χ2v) is 11.0. The van der Waals surface area contributed by atoms with Gasteiger partial charge >= 0.3 is 0 Å². The summed E-state index contributed by atoms with van der Waals surface area (Å²) in [5, 5.41) is 3.62. The molecule has 4 rings (SSSR count). The molecule has 0 aliphatic carbocycles. The number of hydrogen-bond donors (Lipinski definition) is 1. The summed E-state index contributed by atoms with van der Waals surface area (Å²) < 4.78 is 1.86. The third-order valence-electron chi connectivity index (χ3n) is 6.23. The number of nitrogens with one attached hydrogen (secondary N) is 1. The van der Waals surface area contributed by atoms with Crippen molar-refractivity contribution in [1.82, 2.24) is 14.5 Å². The summed E-state index contributed by atoms with van der Waals surface area (Å²) >= 11 is 12.3. The molecule has 0 atom stereocenters. The first-order chi connectivity index (χ1) is 18.6. The maximum atomic E-state index is 13.4.